The summed E-state index contributed by atoms with van der Waals surface area (Å²) in [5, 5.41) is 3.00. The van der Waals surface area contributed by atoms with Gasteiger partial charge < -0.3 is 14.8 Å². The van der Waals surface area contributed by atoms with Gasteiger partial charge in [-0.05, 0) is 25.5 Å². The molecule has 0 aromatic heterocycles. The number of rotatable bonds is 4. The number of esters is 2. The van der Waals surface area contributed by atoms with E-state index in [1.807, 2.05) is 0 Å². The molecule has 1 heterocycles. The maximum atomic E-state index is 12.5. The number of para-hydroxylation sites is 1. The van der Waals surface area contributed by atoms with E-state index in [1.54, 1.807) is 38.1 Å². The first-order valence-electron chi connectivity index (χ1n) is 7.29. The molecule has 0 aliphatic carbocycles. The van der Waals surface area contributed by atoms with E-state index in [9.17, 15) is 14.4 Å². The van der Waals surface area contributed by atoms with E-state index < -0.39 is 23.9 Å². The Balaban J connectivity index is 2.38. The zero-order chi connectivity index (χ0) is 16.1. The summed E-state index contributed by atoms with van der Waals surface area (Å²) < 4.78 is 9.98. The van der Waals surface area contributed by atoms with Crippen molar-refractivity contribution in [1.82, 2.24) is 0 Å². The number of carbonyl (C=O) groups is 3. The quantitative estimate of drug-likeness (QED) is 0.673. The zero-order valence-corrected chi connectivity index (χ0v) is 12.6. The summed E-state index contributed by atoms with van der Waals surface area (Å²) in [5.74, 6) is -2.46. The molecule has 0 spiro atoms. The fourth-order valence-corrected chi connectivity index (χ4v) is 2.48. The molecule has 0 bridgehead atoms. The van der Waals surface area contributed by atoms with Crippen LogP contribution < -0.4 is 5.32 Å². The number of benzene rings is 1. The Kier molecular flexibility index (Phi) is 5.14. The second-order valence-corrected chi connectivity index (χ2v) is 4.89. The lowest BCUT2D eigenvalue weighted by atomic mass is 9.92. The minimum atomic E-state index is -1.01. The Labute approximate surface area is 128 Å². The van der Waals surface area contributed by atoms with E-state index in [4.69, 9.17) is 9.47 Å². The number of Topliss-reactive ketones (excluding diaryl/α,β-unsaturated/α-hetero) is 1. The van der Waals surface area contributed by atoms with E-state index in [0.29, 0.717) is 11.3 Å². The number of hydrogen-bond donors (Lipinski definition) is 1. The molecule has 1 unspecified atom stereocenters. The molecule has 0 amide bonds. The minimum absolute atomic E-state index is 0.114. The molecular formula is C16H19NO5. The zero-order valence-electron chi connectivity index (χ0n) is 12.6. The molecule has 0 fully saturated rings. The monoisotopic (exact) mass is 305 g/mol. The van der Waals surface area contributed by atoms with Crippen LogP contribution in [-0.2, 0) is 23.9 Å². The van der Waals surface area contributed by atoms with Crippen LogP contribution in [0.5, 0.6) is 0 Å². The SMILES string of the molecule is CCOC(=O)C1C(=O)C[C@H](C(=O)OCC)Nc2ccccc21. The van der Waals surface area contributed by atoms with E-state index in [2.05, 4.69) is 5.32 Å². The Hall–Kier alpha value is -2.37. The summed E-state index contributed by atoms with van der Waals surface area (Å²) in [6.45, 7) is 3.81. The molecule has 1 N–H and O–H groups in total. The molecule has 6 heteroatoms. The van der Waals surface area contributed by atoms with Crippen molar-refractivity contribution >= 4 is 23.4 Å². The highest BCUT2D eigenvalue weighted by Gasteiger charge is 2.38. The third-order valence-corrected chi connectivity index (χ3v) is 3.42. The summed E-state index contributed by atoms with van der Waals surface area (Å²) >= 11 is 0. The van der Waals surface area contributed by atoms with Crippen molar-refractivity contribution in [2.24, 2.45) is 0 Å². The third-order valence-electron chi connectivity index (χ3n) is 3.42. The lowest BCUT2D eigenvalue weighted by Crippen LogP contribution is -2.33. The predicted molar refractivity (Wildman–Crippen MR) is 79.5 cm³/mol. The van der Waals surface area contributed by atoms with Gasteiger partial charge in [-0.1, -0.05) is 18.2 Å². The van der Waals surface area contributed by atoms with Crippen molar-refractivity contribution in [1.29, 1.82) is 0 Å². The van der Waals surface area contributed by atoms with Crippen molar-refractivity contribution in [2.75, 3.05) is 18.5 Å². The maximum absolute atomic E-state index is 12.5. The largest absolute Gasteiger partial charge is 0.465 e. The smallest absolute Gasteiger partial charge is 0.329 e. The number of carbonyl (C=O) groups excluding carboxylic acids is 3. The Bertz CT molecular complexity index is 584. The number of nitrogens with one attached hydrogen (secondary N) is 1. The normalized spacial score (nSPS) is 20.4. The molecule has 1 aromatic carbocycles. The average molecular weight is 305 g/mol. The molecule has 0 radical (unpaired) electrons. The van der Waals surface area contributed by atoms with Gasteiger partial charge in [-0.25, -0.2) is 4.79 Å². The highest BCUT2D eigenvalue weighted by atomic mass is 16.5. The average Bonchev–Trinajstić information content (AvgIpc) is 2.63. The molecule has 6 nitrogen and oxygen atoms in total. The van der Waals surface area contributed by atoms with Gasteiger partial charge in [-0.3, -0.25) is 9.59 Å². The van der Waals surface area contributed by atoms with Crippen LogP contribution in [0.4, 0.5) is 5.69 Å². The fraction of sp³-hybridized carbons (Fsp3) is 0.438. The van der Waals surface area contributed by atoms with Gasteiger partial charge in [0.05, 0.1) is 13.2 Å². The highest BCUT2D eigenvalue weighted by molar-refractivity contribution is 6.08. The van der Waals surface area contributed by atoms with E-state index in [1.165, 1.54) is 0 Å². The lowest BCUT2D eigenvalue weighted by Gasteiger charge is -2.15. The molecule has 2 atom stereocenters. The van der Waals surface area contributed by atoms with Crippen LogP contribution in [0.1, 0.15) is 31.7 Å². The van der Waals surface area contributed by atoms with Crippen molar-refractivity contribution < 1.29 is 23.9 Å². The van der Waals surface area contributed by atoms with Gasteiger partial charge >= 0.3 is 11.9 Å². The second kappa shape index (κ2) is 7.06. The highest BCUT2D eigenvalue weighted by Crippen LogP contribution is 2.32. The molecule has 2 rings (SSSR count). The van der Waals surface area contributed by atoms with E-state index >= 15 is 0 Å². The van der Waals surface area contributed by atoms with Gasteiger partial charge in [0.2, 0.25) is 0 Å². The molecule has 1 aliphatic heterocycles. The Morgan fingerprint density at radius 2 is 1.77 bits per heavy atom. The standard InChI is InChI=1S/C16H19NO5/c1-3-21-15(19)12-9-13(18)14(16(20)22-4-2)10-7-5-6-8-11(10)17-12/h5-8,12,14,17H,3-4,9H2,1-2H3/t12-,14?/m1/s1. The van der Waals surface area contributed by atoms with Crippen LogP contribution in [-0.4, -0.2) is 37.0 Å². The first-order chi connectivity index (χ1) is 10.6. The van der Waals surface area contributed by atoms with Crippen LogP contribution in [0.3, 0.4) is 0 Å². The van der Waals surface area contributed by atoms with Gasteiger partial charge in [0.15, 0.2) is 5.78 Å². The molecular weight excluding hydrogens is 286 g/mol. The topological polar surface area (TPSA) is 81.7 Å². The third kappa shape index (κ3) is 3.27. The summed E-state index contributed by atoms with van der Waals surface area (Å²) in [6.07, 6.45) is -0.114. The summed E-state index contributed by atoms with van der Waals surface area (Å²) in [7, 11) is 0. The van der Waals surface area contributed by atoms with Crippen LogP contribution in [0.15, 0.2) is 24.3 Å². The van der Waals surface area contributed by atoms with Crippen molar-refractivity contribution in [2.45, 2.75) is 32.2 Å². The van der Waals surface area contributed by atoms with Gasteiger partial charge in [-0.15, -0.1) is 0 Å². The van der Waals surface area contributed by atoms with E-state index in [-0.39, 0.29) is 25.4 Å². The molecule has 1 aromatic rings. The van der Waals surface area contributed by atoms with Crippen molar-refractivity contribution in [3.8, 4) is 0 Å². The number of ketones is 1. The van der Waals surface area contributed by atoms with Crippen LogP contribution in [0, 0.1) is 0 Å². The molecule has 118 valence electrons. The van der Waals surface area contributed by atoms with Crippen molar-refractivity contribution in [3.63, 3.8) is 0 Å². The summed E-state index contributed by atoms with van der Waals surface area (Å²) in [5.41, 5.74) is 1.10. The van der Waals surface area contributed by atoms with Gasteiger partial charge in [-0.2, -0.15) is 0 Å². The van der Waals surface area contributed by atoms with Gasteiger partial charge in [0.1, 0.15) is 12.0 Å². The first-order valence-corrected chi connectivity index (χ1v) is 7.29. The molecule has 1 aliphatic rings. The molecule has 22 heavy (non-hydrogen) atoms. The number of fused-ring (bicyclic) bond motifs is 1. The Morgan fingerprint density at radius 1 is 1.14 bits per heavy atom. The first kappa shape index (κ1) is 16.0. The lowest BCUT2D eigenvalue weighted by molar-refractivity contribution is -0.150. The predicted octanol–water partition coefficient (Wildman–Crippen LogP) is 1.65. The van der Waals surface area contributed by atoms with Gasteiger partial charge in [0, 0.05) is 12.1 Å². The van der Waals surface area contributed by atoms with Crippen molar-refractivity contribution in [3.05, 3.63) is 29.8 Å². The molecule has 0 saturated heterocycles. The van der Waals surface area contributed by atoms with E-state index in [0.717, 1.165) is 0 Å². The second-order valence-electron chi connectivity index (χ2n) is 4.89. The number of ether oxygens (including phenoxy) is 2. The van der Waals surface area contributed by atoms with Crippen LogP contribution in [0.2, 0.25) is 0 Å². The molecule has 0 saturated carbocycles. The Morgan fingerprint density at radius 3 is 2.45 bits per heavy atom. The van der Waals surface area contributed by atoms with Crippen LogP contribution in [0.25, 0.3) is 0 Å². The minimum Gasteiger partial charge on any atom is -0.465 e. The number of anilines is 1. The van der Waals surface area contributed by atoms with Crippen LogP contribution >= 0.6 is 0 Å². The maximum Gasteiger partial charge on any atom is 0.329 e. The summed E-state index contributed by atoms with van der Waals surface area (Å²) in [6, 6.07) is 6.13. The van der Waals surface area contributed by atoms with Gasteiger partial charge in [0.25, 0.3) is 0 Å². The summed E-state index contributed by atoms with van der Waals surface area (Å²) in [4.78, 5) is 36.6. The number of hydrogen-bond acceptors (Lipinski definition) is 6. The fourth-order valence-electron chi connectivity index (χ4n) is 2.48.